The highest BCUT2D eigenvalue weighted by atomic mass is 32.1. The molecule has 1 aromatic rings. The van der Waals surface area contributed by atoms with E-state index in [0.29, 0.717) is 17.9 Å². The van der Waals surface area contributed by atoms with Crippen LogP contribution in [-0.4, -0.2) is 6.04 Å². The summed E-state index contributed by atoms with van der Waals surface area (Å²) in [4.78, 5) is 1.59. The summed E-state index contributed by atoms with van der Waals surface area (Å²) in [5, 5.41) is 2.24. The van der Waals surface area contributed by atoms with E-state index in [2.05, 4.69) is 25.3 Å². The average Bonchev–Trinajstić information content (AvgIpc) is 2.76. The van der Waals surface area contributed by atoms with Gasteiger partial charge < -0.3 is 5.73 Å². The standard InChI is InChI=1S/C14H23NS/c1-3-5-10(2)14(15)12-6-4-7-13-11(12)8-9-16-13/h8-10,12,14H,3-7,15H2,1-2H3. The third kappa shape index (κ3) is 2.33. The number of nitrogens with two attached hydrogens (primary N) is 1. The third-order valence-corrected chi connectivity index (χ3v) is 4.96. The summed E-state index contributed by atoms with van der Waals surface area (Å²) in [6, 6.07) is 2.66. The highest BCUT2D eigenvalue weighted by molar-refractivity contribution is 7.10. The molecular formula is C14H23NS. The molecular weight excluding hydrogens is 214 g/mol. The number of hydrogen-bond donors (Lipinski definition) is 1. The first-order chi connectivity index (χ1) is 7.74. The topological polar surface area (TPSA) is 26.0 Å². The molecule has 3 atom stereocenters. The van der Waals surface area contributed by atoms with Crippen LogP contribution in [0.25, 0.3) is 0 Å². The lowest BCUT2D eigenvalue weighted by molar-refractivity contribution is 0.344. The Balaban J connectivity index is 2.11. The van der Waals surface area contributed by atoms with E-state index < -0.39 is 0 Å². The average molecular weight is 237 g/mol. The van der Waals surface area contributed by atoms with Crippen molar-refractivity contribution >= 4 is 11.3 Å². The molecule has 2 N–H and O–H groups in total. The quantitative estimate of drug-likeness (QED) is 0.843. The molecule has 2 rings (SSSR count). The Kier molecular flexibility index (Phi) is 4.04. The Labute approximate surface area is 103 Å². The molecule has 0 fully saturated rings. The predicted molar refractivity (Wildman–Crippen MR) is 72.0 cm³/mol. The number of aryl methyl sites for hydroxylation is 1. The number of thiophene rings is 1. The summed E-state index contributed by atoms with van der Waals surface area (Å²) in [6.07, 6.45) is 6.40. The zero-order chi connectivity index (χ0) is 11.5. The fourth-order valence-corrected chi connectivity index (χ4v) is 3.96. The van der Waals surface area contributed by atoms with E-state index >= 15 is 0 Å². The van der Waals surface area contributed by atoms with Crippen LogP contribution in [0.15, 0.2) is 11.4 Å². The molecule has 0 spiro atoms. The molecule has 0 aliphatic heterocycles. The van der Waals surface area contributed by atoms with Gasteiger partial charge in [-0.3, -0.25) is 0 Å². The summed E-state index contributed by atoms with van der Waals surface area (Å²) in [6.45, 7) is 4.56. The first-order valence-electron chi connectivity index (χ1n) is 6.56. The van der Waals surface area contributed by atoms with Crippen LogP contribution in [0.5, 0.6) is 0 Å². The summed E-state index contributed by atoms with van der Waals surface area (Å²) >= 11 is 1.92. The molecule has 0 radical (unpaired) electrons. The van der Waals surface area contributed by atoms with Crippen molar-refractivity contribution in [2.75, 3.05) is 0 Å². The van der Waals surface area contributed by atoms with E-state index in [4.69, 9.17) is 5.73 Å². The first kappa shape index (κ1) is 12.1. The fourth-order valence-electron chi connectivity index (χ4n) is 2.97. The predicted octanol–water partition coefficient (Wildman–Crippen LogP) is 3.93. The number of fused-ring (bicyclic) bond motifs is 1. The molecule has 1 aliphatic rings. The van der Waals surface area contributed by atoms with E-state index in [1.165, 1.54) is 32.1 Å². The zero-order valence-corrected chi connectivity index (χ0v) is 11.2. The molecule has 0 bridgehead atoms. The van der Waals surface area contributed by atoms with Crippen LogP contribution in [0.3, 0.4) is 0 Å². The van der Waals surface area contributed by atoms with Gasteiger partial charge in [0.1, 0.15) is 0 Å². The van der Waals surface area contributed by atoms with Crippen LogP contribution in [0.4, 0.5) is 0 Å². The maximum Gasteiger partial charge on any atom is 0.0134 e. The van der Waals surface area contributed by atoms with Gasteiger partial charge in [0, 0.05) is 16.8 Å². The second-order valence-corrected chi connectivity index (χ2v) is 6.14. The van der Waals surface area contributed by atoms with E-state index in [0.717, 1.165) is 0 Å². The van der Waals surface area contributed by atoms with Gasteiger partial charge in [0.05, 0.1) is 0 Å². The molecule has 0 amide bonds. The van der Waals surface area contributed by atoms with Crippen LogP contribution in [0.1, 0.15) is 55.9 Å². The number of hydrogen-bond acceptors (Lipinski definition) is 2. The third-order valence-electron chi connectivity index (χ3n) is 3.96. The van der Waals surface area contributed by atoms with Gasteiger partial charge in [-0.25, -0.2) is 0 Å². The largest absolute Gasteiger partial charge is 0.327 e. The van der Waals surface area contributed by atoms with Gasteiger partial charge in [-0.1, -0.05) is 20.3 Å². The molecule has 1 nitrogen and oxygen atoms in total. The minimum absolute atomic E-state index is 0.355. The molecule has 90 valence electrons. The summed E-state index contributed by atoms with van der Waals surface area (Å²) in [5.41, 5.74) is 8.02. The van der Waals surface area contributed by atoms with Gasteiger partial charge in [0.25, 0.3) is 0 Å². The van der Waals surface area contributed by atoms with Crippen molar-refractivity contribution in [2.45, 2.75) is 57.9 Å². The minimum Gasteiger partial charge on any atom is -0.327 e. The van der Waals surface area contributed by atoms with Crippen LogP contribution in [-0.2, 0) is 6.42 Å². The van der Waals surface area contributed by atoms with Crippen LogP contribution < -0.4 is 5.73 Å². The molecule has 0 aromatic carbocycles. The van der Waals surface area contributed by atoms with Crippen LogP contribution in [0.2, 0.25) is 0 Å². The van der Waals surface area contributed by atoms with Gasteiger partial charge in [-0.05, 0) is 48.6 Å². The highest BCUT2D eigenvalue weighted by Crippen LogP contribution is 2.38. The maximum atomic E-state index is 6.46. The van der Waals surface area contributed by atoms with Crippen molar-refractivity contribution in [1.29, 1.82) is 0 Å². The Hall–Kier alpha value is -0.340. The van der Waals surface area contributed by atoms with Crippen LogP contribution >= 0.6 is 11.3 Å². The van der Waals surface area contributed by atoms with Crippen molar-refractivity contribution in [3.63, 3.8) is 0 Å². The molecule has 0 saturated heterocycles. The van der Waals surface area contributed by atoms with Gasteiger partial charge >= 0.3 is 0 Å². The van der Waals surface area contributed by atoms with E-state index in [-0.39, 0.29) is 0 Å². The minimum atomic E-state index is 0.355. The Morgan fingerprint density at radius 1 is 1.56 bits per heavy atom. The van der Waals surface area contributed by atoms with Gasteiger partial charge in [0.2, 0.25) is 0 Å². The highest BCUT2D eigenvalue weighted by Gasteiger charge is 2.29. The zero-order valence-electron chi connectivity index (χ0n) is 10.4. The Bertz CT molecular complexity index is 331. The van der Waals surface area contributed by atoms with Crippen molar-refractivity contribution in [1.82, 2.24) is 0 Å². The molecule has 1 aliphatic carbocycles. The Morgan fingerprint density at radius 3 is 3.12 bits per heavy atom. The lowest BCUT2D eigenvalue weighted by atomic mass is 9.77. The molecule has 2 heteroatoms. The number of rotatable bonds is 4. The maximum absolute atomic E-state index is 6.46. The Morgan fingerprint density at radius 2 is 2.38 bits per heavy atom. The first-order valence-corrected chi connectivity index (χ1v) is 7.43. The van der Waals surface area contributed by atoms with E-state index in [1.807, 2.05) is 11.3 Å². The molecule has 1 heterocycles. The smallest absolute Gasteiger partial charge is 0.0134 e. The second-order valence-electron chi connectivity index (χ2n) is 5.14. The van der Waals surface area contributed by atoms with Gasteiger partial charge in [-0.15, -0.1) is 11.3 Å². The lowest BCUT2D eigenvalue weighted by Gasteiger charge is -2.32. The van der Waals surface area contributed by atoms with E-state index in [1.54, 1.807) is 10.4 Å². The second kappa shape index (κ2) is 5.33. The molecule has 0 saturated carbocycles. The lowest BCUT2D eigenvalue weighted by Crippen LogP contribution is -2.36. The monoisotopic (exact) mass is 237 g/mol. The molecule has 16 heavy (non-hydrogen) atoms. The van der Waals surface area contributed by atoms with Crippen molar-refractivity contribution in [3.8, 4) is 0 Å². The van der Waals surface area contributed by atoms with Gasteiger partial charge in [0.15, 0.2) is 0 Å². The van der Waals surface area contributed by atoms with Crippen LogP contribution in [0, 0.1) is 5.92 Å². The fraction of sp³-hybridized carbons (Fsp3) is 0.714. The summed E-state index contributed by atoms with van der Waals surface area (Å²) in [5.74, 6) is 1.28. The van der Waals surface area contributed by atoms with Crippen molar-refractivity contribution in [2.24, 2.45) is 11.7 Å². The molecule has 3 unspecified atom stereocenters. The van der Waals surface area contributed by atoms with E-state index in [9.17, 15) is 0 Å². The van der Waals surface area contributed by atoms with Crippen molar-refractivity contribution < 1.29 is 0 Å². The SMILES string of the molecule is CCCC(C)C(N)C1CCCc2sccc21. The normalized spacial score (nSPS) is 23.8. The molecule has 1 aromatic heterocycles. The van der Waals surface area contributed by atoms with Gasteiger partial charge in [-0.2, -0.15) is 0 Å². The summed E-state index contributed by atoms with van der Waals surface area (Å²) < 4.78 is 0. The summed E-state index contributed by atoms with van der Waals surface area (Å²) in [7, 11) is 0. The van der Waals surface area contributed by atoms with Crippen molar-refractivity contribution in [3.05, 3.63) is 21.9 Å².